The quantitative estimate of drug-likeness (QED) is 0.510. The molecular weight excluding hydrogens is 444 g/mol. The summed E-state index contributed by atoms with van der Waals surface area (Å²) in [4.78, 5) is 37.0. The van der Waals surface area contributed by atoms with Gasteiger partial charge in [-0.05, 0) is 47.4 Å². The lowest BCUT2D eigenvalue weighted by atomic mass is 9.84. The van der Waals surface area contributed by atoms with Gasteiger partial charge in [0, 0.05) is 17.9 Å². The van der Waals surface area contributed by atoms with Crippen molar-refractivity contribution in [3.05, 3.63) is 59.7 Å². The minimum Gasteiger partial charge on any atom is -0.480 e. The molecule has 4 unspecified atom stereocenters. The van der Waals surface area contributed by atoms with Crippen LogP contribution >= 0.6 is 0 Å². The molecule has 2 aromatic carbocycles. The molecule has 0 spiro atoms. The Morgan fingerprint density at radius 1 is 1.03 bits per heavy atom. The number of benzene rings is 2. The normalized spacial score (nSPS) is 20.7. The monoisotopic (exact) mass is 478 g/mol. The van der Waals surface area contributed by atoms with Gasteiger partial charge in [-0.2, -0.15) is 0 Å². The number of carboxylic acid groups (broad SMARTS) is 1. The Balaban J connectivity index is 1.32. The van der Waals surface area contributed by atoms with E-state index >= 15 is 0 Å². The molecule has 0 aromatic heterocycles. The molecule has 2 aromatic rings. The number of carbonyl (C=O) groups is 3. The number of ether oxygens (including phenoxy) is 1. The molecule has 7 nitrogen and oxygen atoms in total. The van der Waals surface area contributed by atoms with Crippen molar-refractivity contribution in [2.75, 3.05) is 6.61 Å². The van der Waals surface area contributed by atoms with E-state index in [1.54, 1.807) is 0 Å². The van der Waals surface area contributed by atoms with Gasteiger partial charge in [-0.3, -0.25) is 4.79 Å². The summed E-state index contributed by atoms with van der Waals surface area (Å²) in [5.41, 5.74) is 4.67. The van der Waals surface area contributed by atoms with Crippen LogP contribution in [0.5, 0.6) is 0 Å². The summed E-state index contributed by atoms with van der Waals surface area (Å²) in [6.45, 7) is 3.97. The van der Waals surface area contributed by atoms with Crippen molar-refractivity contribution in [2.45, 2.75) is 64.0 Å². The molecule has 0 aliphatic heterocycles. The first-order valence-electron chi connectivity index (χ1n) is 12.5. The molecule has 35 heavy (non-hydrogen) atoms. The van der Waals surface area contributed by atoms with Crippen LogP contribution in [0.15, 0.2) is 48.5 Å². The van der Waals surface area contributed by atoms with E-state index in [-0.39, 0.29) is 36.3 Å². The van der Waals surface area contributed by atoms with Crippen molar-refractivity contribution >= 4 is 18.0 Å². The van der Waals surface area contributed by atoms with Crippen molar-refractivity contribution in [1.29, 1.82) is 0 Å². The van der Waals surface area contributed by atoms with Gasteiger partial charge in [0.2, 0.25) is 5.91 Å². The van der Waals surface area contributed by atoms with Crippen LogP contribution in [-0.4, -0.2) is 41.8 Å². The predicted molar refractivity (Wildman–Crippen MR) is 133 cm³/mol. The van der Waals surface area contributed by atoms with Gasteiger partial charge in [0.25, 0.3) is 0 Å². The molecule has 0 radical (unpaired) electrons. The highest BCUT2D eigenvalue weighted by Gasteiger charge is 2.33. The third-order valence-corrected chi connectivity index (χ3v) is 7.49. The lowest BCUT2D eigenvalue weighted by Crippen LogP contribution is -2.49. The van der Waals surface area contributed by atoms with Gasteiger partial charge in [-0.15, -0.1) is 0 Å². The summed E-state index contributed by atoms with van der Waals surface area (Å²) >= 11 is 0. The zero-order valence-corrected chi connectivity index (χ0v) is 20.3. The topological polar surface area (TPSA) is 105 Å². The van der Waals surface area contributed by atoms with Crippen LogP contribution in [0.4, 0.5) is 4.79 Å². The first-order valence-corrected chi connectivity index (χ1v) is 12.5. The number of amides is 2. The molecule has 3 N–H and O–H groups in total. The molecule has 4 atom stereocenters. The van der Waals surface area contributed by atoms with Crippen LogP contribution in [-0.2, 0) is 14.3 Å². The van der Waals surface area contributed by atoms with E-state index in [1.807, 2.05) is 38.1 Å². The maximum absolute atomic E-state index is 12.8. The highest BCUT2D eigenvalue weighted by Crippen LogP contribution is 2.44. The predicted octanol–water partition coefficient (Wildman–Crippen LogP) is 4.70. The first-order chi connectivity index (χ1) is 16.9. The number of hydrogen-bond acceptors (Lipinski definition) is 4. The molecule has 0 heterocycles. The van der Waals surface area contributed by atoms with Crippen molar-refractivity contribution in [3.8, 4) is 11.1 Å². The van der Waals surface area contributed by atoms with Gasteiger partial charge < -0.3 is 20.5 Å². The molecule has 2 amide bonds. The molecule has 2 aliphatic rings. The molecule has 0 bridgehead atoms. The highest BCUT2D eigenvalue weighted by atomic mass is 16.5. The minimum absolute atomic E-state index is 0.00783. The van der Waals surface area contributed by atoms with Crippen molar-refractivity contribution in [1.82, 2.24) is 10.6 Å². The molecule has 7 heteroatoms. The van der Waals surface area contributed by atoms with E-state index in [4.69, 9.17) is 4.74 Å². The Morgan fingerprint density at radius 3 is 2.26 bits per heavy atom. The van der Waals surface area contributed by atoms with Crippen LogP contribution < -0.4 is 10.6 Å². The highest BCUT2D eigenvalue weighted by molar-refractivity contribution is 5.85. The number of aliphatic carboxylic acids is 1. The minimum atomic E-state index is -1.02. The fourth-order valence-electron chi connectivity index (χ4n) is 5.32. The molecule has 0 saturated heterocycles. The molecule has 186 valence electrons. The van der Waals surface area contributed by atoms with Crippen molar-refractivity contribution in [2.24, 2.45) is 11.8 Å². The van der Waals surface area contributed by atoms with E-state index in [0.717, 1.165) is 24.0 Å². The molecule has 4 rings (SSSR count). The van der Waals surface area contributed by atoms with E-state index in [2.05, 4.69) is 34.9 Å². The SMILES string of the molecule is CCC(C)C(NC(=O)C1CCCC(NC(=O)OCC2c3ccccc3-c3ccccc32)C1)C(=O)O. The van der Waals surface area contributed by atoms with E-state index < -0.39 is 18.1 Å². The van der Waals surface area contributed by atoms with Gasteiger partial charge in [-0.25, -0.2) is 9.59 Å². The fraction of sp³-hybridized carbons (Fsp3) is 0.464. The molecular formula is C28H34N2O5. The summed E-state index contributed by atoms with van der Waals surface area (Å²) in [5.74, 6) is -1.76. The smallest absolute Gasteiger partial charge is 0.407 e. The third kappa shape index (κ3) is 5.50. The molecule has 1 fully saturated rings. The number of alkyl carbamates (subject to hydrolysis) is 1. The zero-order valence-electron chi connectivity index (χ0n) is 20.3. The summed E-state index contributed by atoms with van der Waals surface area (Å²) in [6.07, 6.45) is 2.88. The molecule has 1 saturated carbocycles. The second-order valence-electron chi connectivity index (χ2n) is 9.74. The Bertz CT molecular complexity index is 1040. The van der Waals surface area contributed by atoms with Crippen LogP contribution in [0.25, 0.3) is 11.1 Å². The maximum Gasteiger partial charge on any atom is 0.407 e. The van der Waals surface area contributed by atoms with Crippen LogP contribution in [0.2, 0.25) is 0 Å². The van der Waals surface area contributed by atoms with Gasteiger partial charge >= 0.3 is 12.1 Å². The Hall–Kier alpha value is -3.35. The van der Waals surface area contributed by atoms with Crippen LogP contribution in [0.1, 0.15) is 63.0 Å². The Kier molecular flexibility index (Phi) is 7.73. The summed E-state index contributed by atoms with van der Waals surface area (Å²) < 4.78 is 5.65. The number of rotatable bonds is 8. The fourth-order valence-corrected chi connectivity index (χ4v) is 5.32. The summed E-state index contributed by atoms with van der Waals surface area (Å²) in [5, 5.41) is 15.1. The lowest BCUT2D eigenvalue weighted by Gasteiger charge is -2.30. The largest absolute Gasteiger partial charge is 0.480 e. The van der Waals surface area contributed by atoms with Gasteiger partial charge in [0.1, 0.15) is 12.6 Å². The number of nitrogens with one attached hydrogen (secondary N) is 2. The second-order valence-corrected chi connectivity index (χ2v) is 9.74. The van der Waals surface area contributed by atoms with Gasteiger partial charge in [-0.1, -0.05) is 75.2 Å². The number of fused-ring (bicyclic) bond motifs is 3. The van der Waals surface area contributed by atoms with Gasteiger partial charge in [0.15, 0.2) is 0 Å². The van der Waals surface area contributed by atoms with Crippen molar-refractivity contribution < 1.29 is 24.2 Å². The Morgan fingerprint density at radius 2 is 1.66 bits per heavy atom. The number of hydrogen-bond donors (Lipinski definition) is 3. The standard InChI is InChI=1S/C28H34N2O5/c1-3-17(2)25(27(32)33)30-26(31)18-9-8-10-19(15-18)29-28(34)35-16-24-22-13-6-4-11-20(22)21-12-5-7-14-23(21)24/h4-7,11-14,17-19,24-25H,3,8-10,15-16H2,1-2H3,(H,29,34)(H,30,31)(H,32,33). The zero-order chi connectivity index (χ0) is 24.9. The average molecular weight is 479 g/mol. The van der Waals surface area contributed by atoms with E-state index in [0.29, 0.717) is 19.3 Å². The van der Waals surface area contributed by atoms with Gasteiger partial charge in [0.05, 0.1) is 0 Å². The number of carbonyl (C=O) groups excluding carboxylic acids is 2. The van der Waals surface area contributed by atoms with Crippen LogP contribution in [0.3, 0.4) is 0 Å². The molecule has 2 aliphatic carbocycles. The van der Waals surface area contributed by atoms with Crippen LogP contribution in [0, 0.1) is 11.8 Å². The third-order valence-electron chi connectivity index (χ3n) is 7.49. The Labute approximate surface area is 206 Å². The average Bonchev–Trinajstić information content (AvgIpc) is 3.19. The lowest BCUT2D eigenvalue weighted by molar-refractivity contribution is -0.144. The van der Waals surface area contributed by atoms with E-state index in [1.165, 1.54) is 11.1 Å². The maximum atomic E-state index is 12.8. The number of carboxylic acids is 1. The van der Waals surface area contributed by atoms with E-state index in [9.17, 15) is 19.5 Å². The summed E-state index contributed by atoms with van der Waals surface area (Å²) in [6, 6.07) is 15.3. The second kappa shape index (κ2) is 10.9. The summed E-state index contributed by atoms with van der Waals surface area (Å²) in [7, 11) is 0. The van der Waals surface area contributed by atoms with Crippen molar-refractivity contribution in [3.63, 3.8) is 0 Å². The first kappa shape index (κ1) is 24.8.